The quantitative estimate of drug-likeness (QED) is 0.188. The predicted molar refractivity (Wildman–Crippen MR) is 77.4 cm³/mol. The Hall–Kier alpha value is -2.32. The van der Waals surface area contributed by atoms with E-state index >= 15 is 0 Å². The van der Waals surface area contributed by atoms with Gasteiger partial charge in [0.15, 0.2) is 5.96 Å². The van der Waals surface area contributed by atoms with Crippen molar-refractivity contribution < 1.29 is 19.5 Å². The molecule has 0 aromatic heterocycles. The Morgan fingerprint density at radius 2 is 1.95 bits per heavy atom. The molecule has 0 aliphatic rings. The molecule has 21 heavy (non-hydrogen) atoms. The van der Waals surface area contributed by atoms with Crippen molar-refractivity contribution in [2.45, 2.75) is 38.6 Å². The van der Waals surface area contributed by atoms with E-state index in [2.05, 4.69) is 15.6 Å². The van der Waals surface area contributed by atoms with Crippen LogP contribution in [0.2, 0.25) is 0 Å². The summed E-state index contributed by atoms with van der Waals surface area (Å²) in [6, 6.07) is -0.794. The summed E-state index contributed by atoms with van der Waals surface area (Å²) < 4.78 is 0. The van der Waals surface area contributed by atoms with Crippen LogP contribution in [0.4, 0.5) is 0 Å². The maximum Gasteiger partial charge on any atom is 0.322 e. The Balaban J connectivity index is 4.45. The molecule has 9 heteroatoms. The molecule has 0 aromatic carbocycles. The molecule has 0 rings (SSSR count). The largest absolute Gasteiger partial charge is 0.480 e. The lowest BCUT2D eigenvalue weighted by molar-refractivity contribution is -0.138. The third-order valence-corrected chi connectivity index (χ3v) is 2.49. The van der Waals surface area contributed by atoms with Crippen molar-refractivity contribution in [2.75, 3.05) is 13.1 Å². The summed E-state index contributed by atoms with van der Waals surface area (Å²) in [6.45, 7) is 1.68. The summed E-state index contributed by atoms with van der Waals surface area (Å²) in [5, 5.41) is 13.4. The Morgan fingerprint density at radius 3 is 2.48 bits per heavy atom. The van der Waals surface area contributed by atoms with Gasteiger partial charge in [0.25, 0.3) is 0 Å². The summed E-state index contributed by atoms with van der Waals surface area (Å²) in [4.78, 5) is 37.6. The van der Waals surface area contributed by atoms with Crippen LogP contribution < -0.4 is 22.1 Å². The number of rotatable bonds is 10. The molecule has 7 N–H and O–H groups in total. The molecule has 9 nitrogen and oxygen atoms in total. The Labute approximate surface area is 123 Å². The van der Waals surface area contributed by atoms with Gasteiger partial charge in [-0.25, -0.2) is 0 Å². The number of aliphatic imine (C=N–C) groups is 1. The molecule has 0 saturated carbocycles. The van der Waals surface area contributed by atoms with Gasteiger partial charge >= 0.3 is 5.97 Å². The zero-order valence-electron chi connectivity index (χ0n) is 12.1. The number of aliphatic carboxylic acids is 1. The van der Waals surface area contributed by atoms with E-state index in [1.807, 2.05) is 6.92 Å². The second-order valence-electron chi connectivity index (χ2n) is 4.43. The van der Waals surface area contributed by atoms with E-state index in [-0.39, 0.29) is 11.9 Å². The number of guanidine groups is 1. The number of carboxylic acids is 1. The van der Waals surface area contributed by atoms with E-state index in [0.717, 1.165) is 0 Å². The van der Waals surface area contributed by atoms with Crippen LogP contribution in [0, 0.1) is 0 Å². The molecule has 1 unspecified atom stereocenters. The highest BCUT2D eigenvalue weighted by molar-refractivity contribution is 5.89. The normalized spacial score (nSPS) is 11.3. The first-order chi connectivity index (χ1) is 9.86. The van der Waals surface area contributed by atoms with Crippen molar-refractivity contribution >= 4 is 23.7 Å². The van der Waals surface area contributed by atoms with Crippen molar-refractivity contribution in [3.8, 4) is 0 Å². The van der Waals surface area contributed by atoms with Crippen LogP contribution in [-0.2, 0) is 14.4 Å². The highest BCUT2D eigenvalue weighted by Crippen LogP contribution is 2.00. The SMILES string of the molecule is CCCC(=O)NC(CCCN=C(N)N)C(=O)NCC(=O)O. The second-order valence-corrected chi connectivity index (χ2v) is 4.43. The molecule has 0 aliphatic heterocycles. The summed E-state index contributed by atoms with van der Waals surface area (Å²) >= 11 is 0. The van der Waals surface area contributed by atoms with Crippen LogP contribution in [0.1, 0.15) is 32.6 Å². The minimum Gasteiger partial charge on any atom is -0.480 e. The van der Waals surface area contributed by atoms with Gasteiger partial charge in [-0.15, -0.1) is 0 Å². The fraction of sp³-hybridized carbons (Fsp3) is 0.667. The molecule has 0 spiro atoms. The van der Waals surface area contributed by atoms with Gasteiger partial charge in [-0.2, -0.15) is 0 Å². The number of hydrogen-bond acceptors (Lipinski definition) is 4. The smallest absolute Gasteiger partial charge is 0.322 e. The number of hydrogen-bond donors (Lipinski definition) is 5. The van der Waals surface area contributed by atoms with Gasteiger partial charge in [-0.1, -0.05) is 6.92 Å². The lowest BCUT2D eigenvalue weighted by Crippen LogP contribution is -2.47. The van der Waals surface area contributed by atoms with Crippen LogP contribution in [-0.4, -0.2) is 48.0 Å². The minimum atomic E-state index is -1.15. The van der Waals surface area contributed by atoms with Gasteiger partial charge in [0.2, 0.25) is 11.8 Å². The van der Waals surface area contributed by atoms with E-state index in [1.54, 1.807) is 0 Å². The van der Waals surface area contributed by atoms with Gasteiger partial charge in [0.05, 0.1) is 0 Å². The predicted octanol–water partition coefficient (Wildman–Crippen LogP) is -1.47. The van der Waals surface area contributed by atoms with Crippen molar-refractivity contribution in [3.63, 3.8) is 0 Å². The Bertz CT molecular complexity index is 393. The molecular weight excluding hydrogens is 278 g/mol. The van der Waals surface area contributed by atoms with Crippen molar-refractivity contribution in [3.05, 3.63) is 0 Å². The number of carbonyl (C=O) groups is 3. The van der Waals surface area contributed by atoms with Gasteiger partial charge in [-0.3, -0.25) is 19.4 Å². The molecule has 120 valence electrons. The summed E-state index contributed by atoms with van der Waals surface area (Å²) in [5.41, 5.74) is 10.4. The molecule has 0 aliphatic carbocycles. The van der Waals surface area contributed by atoms with E-state index in [4.69, 9.17) is 16.6 Å². The fourth-order valence-electron chi connectivity index (χ4n) is 1.55. The third-order valence-electron chi connectivity index (χ3n) is 2.49. The third kappa shape index (κ3) is 10.2. The highest BCUT2D eigenvalue weighted by atomic mass is 16.4. The van der Waals surface area contributed by atoms with Gasteiger partial charge < -0.3 is 27.2 Å². The molecule has 0 heterocycles. The minimum absolute atomic E-state index is 0.0445. The number of nitrogens with one attached hydrogen (secondary N) is 2. The monoisotopic (exact) mass is 301 g/mol. The maximum absolute atomic E-state index is 11.8. The van der Waals surface area contributed by atoms with E-state index in [1.165, 1.54) is 0 Å². The Morgan fingerprint density at radius 1 is 1.29 bits per heavy atom. The summed E-state index contributed by atoms with van der Waals surface area (Å²) in [6.07, 6.45) is 1.76. The molecule has 0 radical (unpaired) electrons. The van der Waals surface area contributed by atoms with Crippen LogP contribution >= 0.6 is 0 Å². The van der Waals surface area contributed by atoms with E-state index in [9.17, 15) is 14.4 Å². The van der Waals surface area contributed by atoms with Crippen molar-refractivity contribution in [1.29, 1.82) is 0 Å². The first-order valence-corrected chi connectivity index (χ1v) is 6.71. The summed E-state index contributed by atoms with van der Waals surface area (Å²) in [5.74, 6) is -1.99. The number of nitrogens with two attached hydrogens (primary N) is 2. The van der Waals surface area contributed by atoms with Gasteiger partial charge in [-0.05, 0) is 19.3 Å². The average molecular weight is 301 g/mol. The zero-order chi connectivity index (χ0) is 16.3. The van der Waals surface area contributed by atoms with Crippen LogP contribution in [0.5, 0.6) is 0 Å². The van der Waals surface area contributed by atoms with Crippen molar-refractivity contribution in [1.82, 2.24) is 10.6 Å². The van der Waals surface area contributed by atoms with Crippen LogP contribution in [0.15, 0.2) is 4.99 Å². The lowest BCUT2D eigenvalue weighted by atomic mass is 10.1. The molecular formula is C12H23N5O4. The average Bonchev–Trinajstić information content (AvgIpc) is 2.39. The lowest BCUT2D eigenvalue weighted by Gasteiger charge is -2.17. The van der Waals surface area contributed by atoms with Gasteiger partial charge in [0.1, 0.15) is 12.6 Å². The van der Waals surface area contributed by atoms with E-state index in [0.29, 0.717) is 32.2 Å². The zero-order valence-corrected chi connectivity index (χ0v) is 12.1. The first-order valence-electron chi connectivity index (χ1n) is 6.71. The number of amides is 2. The van der Waals surface area contributed by atoms with E-state index < -0.39 is 24.5 Å². The highest BCUT2D eigenvalue weighted by Gasteiger charge is 2.20. The standard InChI is InChI=1S/C12H23N5O4/c1-2-4-9(18)17-8(5-3-6-15-12(13)14)11(21)16-7-10(19)20/h8H,2-7H2,1H3,(H,16,21)(H,17,18)(H,19,20)(H4,13,14,15). The molecule has 0 fully saturated rings. The number of carbonyl (C=O) groups excluding carboxylic acids is 2. The summed E-state index contributed by atoms with van der Waals surface area (Å²) in [7, 11) is 0. The number of nitrogens with zero attached hydrogens (tertiary/aromatic N) is 1. The van der Waals surface area contributed by atoms with Crippen molar-refractivity contribution in [2.24, 2.45) is 16.5 Å². The topological polar surface area (TPSA) is 160 Å². The molecule has 2 amide bonds. The molecule has 0 aromatic rings. The first kappa shape index (κ1) is 18.7. The van der Waals surface area contributed by atoms with Crippen LogP contribution in [0.25, 0.3) is 0 Å². The van der Waals surface area contributed by atoms with Gasteiger partial charge in [0, 0.05) is 13.0 Å². The fourth-order valence-corrected chi connectivity index (χ4v) is 1.55. The molecule has 1 atom stereocenters. The second kappa shape index (κ2) is 10.5. The maximum atomic E-state index is 11.8. The molecule has 0 saturated heterocycles. The van der Waals surface area contributed by atoms with Crippen LogP contribution in [0.3, 0.4) is 0 Å². The Kier molecular flexibility index (Phi) is 9.31. The number of carboxylic acid groups (broad SMARTS) is 1. The molecule has 0 bridgehead atoms.